The monoisotopic (exact) mass is 351 g/mol. The Morgan fingerprint density at radius 2 is 2.05 bits per heavy atom. The average Bonchev–Trinajstić information content (AvgIpc) is 2.43. The van der Waals surface area contributed by atoms with Crippen LogP contribution < -0.4 is 10.2 Å². The minimum atomic E-state index is 0.345. The summed E-state index contributed by atoms with van der Waals surface area (Å²) in [5.41, 5.74) is 2.45. The summed E-state index contributed by atoms with van der Waals surface area (Å²) in [7, 11) is 0. The highest BCUT2D eigenvalue weighted by Crippen LogP contribution is 2.30. The van der Waals surface area contributed by atoms with Crippen LogP contribution in [-0.2, 0) is 0 Å². The van der Waals surface area contributed by atoms with Gasteiger partial charge in [0, 0.05) is 23.6 Å². The van der Waals surface area contributed by atoms with Crippen molar-refractivity contribution in [1.29, 1.82) is 5.26 Å². The van der Waals surface area contributed by atoms with Crippen LogP contribution in [0.1, 0.15) is 45.7 Å². The van der Waals surface area contributed by atoms with Gasteiger partial charge in [0.25, 0.3) is 0 Å². The van der Waals surface area contributed by atoms with E-state index in [-0.39, 0.29) is 0 Å². The summed E-state index contributed by atoms with van der Waals surface area (Å²) in [6.45, 7) is 11.4. The van der Waals surface area contributed by atoms with E-state index in [4.69, 9.17) is 5.26 Å². The summed E-state index contributed by atoms with van der Waals surface area (Å²) in [5, 5.41) is 12.3. The third-order valence-corrected chi connectivity index (χ3v) is 4.04. The van der Waals surface area contributed by atoms with E-state index in [1.165, 1.54) is 11.3 Å². The van der Waals surface area contributed by atoms with Crippen LogP contribution in [0, 0.1) is 17.2 Å². The van der Waals surface area contributed by atoms with Gasteiger partial charge in [-0.15, -0.1) is 0 Å². The molecule has 0 radical (unpaired) electrons. The van der Waals surface area contributed by atoms with Crippen molar-refractivity contribution >= 4 is 21.6 Å². The van der Waals surface area contributed by atoms with E-state index in [0.717, 1.165) is 24.1 Å². The first-order chi connectivity index (χ1) is 9.99. The molecule has 1 aromatic rings. The molecule has 0 fully saturated rings. The van der Waals surface area contributed by atoms with Crippen LogP contribution in [-0.4, -0.2) is 19.6 Å². The van der Waals surface area contributed by atoms with Gasteiger partial charge in [0.15, 0.2) is 0 Å². The molecule has 4 heteroatoms. The summed E-state index contributed by atoms with van der Waals surface area (Å²) in [5.74, 6) is 0.566. The van der Waals surface area contributed by atoms with Crippen molar-refractivity contribution in [3.8, 4) is 6.07 Å². The lowest BCUT2D eigenvalue weighted by Crippen LogP contribution is -2.29. The molecule has 0 aromatic heterocycles. The van der Waals surface area contributed by atoms with Crippen LogP contribution in [0.2, 0.25) is 0 Å². The van der Waals surface area contributed by atoms with Gasteiger partial charge in [-0.05, 0) is 53.0 Å². The minimum Gasteiger partial charge on any atom is -0.369 e. The third kappa shape index (κ3) is 5.68. The number of anilines is 1. The maximum atomic E-state index is 8.84. The summed E-state index contributed by atoms with van der Waals surface area (Å²) in [4.78, 5) is 2.29. The first kappa shape index (κ1) is 18.0. The topological polar surface area (TPSA) is 39.1 Å². The molecule has 0 bridgehead atoms. The molecule has 0 aliphatic carbocycles. The molecule has 0 saturated heterocycles. The molecule has 0 amide bonds. The number of hydrogen-bond donors (Lipinski definition) is 1. The lowest BCUT2D eigenvalue weighted by molar-refractivity contribution is 0.596. The van der Waals surface area contributed by atoms with Crippen LogP contribution in [0.25, 0.3) is 0 Å². The Hall–Kier alpha value is -1.05. The number of hydrogen-bond acceptors (Lipinski definition) is 3. The molecular weight excluding hydrogens is 326 g/mol. The van der Waals surface area contributed by atoms with Gasteiger partial charge in [0.2, 0.25) is 0 Å². The van der Waals surface area contributed by atoms with Crippen molar-refractivity contribution < 1.29 is 0 Å². The molecule has 1 atom stereocenters. The number of halogens is 1. The molecule has 0 aliphatic heterocycles. The quantitative estimate of drug-likeness (QED) is 0.749. The lowest BCUT2D eigenvalue weighted by atomic mass is 10.1. The number of benzene rings is 1. The number of nitriles is 1. The highest BCUT2D eigenvalue weighted by Gasteiger charge is 2.13. The van der Waals surface area contributed by atoms with E-state index in [9.17, 15) is 0 Å². The predicted octanol–water partition coefficient (Wildman–Crippen LogP) is 4.50. The molecule has 3 nitrogen and oxygen atoms in total. The van der Waals surface area contributed by atoms with Gasteiger partial charge in [0.1, 0.15) is 0 Å². The molecule has 0 heterocycles. The van der Waals surface area contributed by atoms with Crippen molar-refractivity contribution in [2.24, 2.45) is 5.92 Å². The van der Waals surface area contributed by atoms with Crippen molar-refractivity contribution in [1.82, 2.24) is 5.32 Å². The van der Waals surface area contributed by atoms with Crippen molar-refractivity contribution in [2.45, 2.75) is 40.2 Å². The molecule has 1 rings (SSSR count). The van der Waals surface area contributed by atoms with E-state index in [2.05, 4.69) is 78.1 Å². The van der Waals surface area contributed by atoms with E-state index in [1.807, 2.05) is 0 Å². The molecule has 1 unspecified atom stereocenters. The fourth-order valence-electron chi connectivity index (χ4n) is 2.41. The van der Waals surface area contributed by atoms with E-state index in [1.54, 1.807) is 0 Å². The Morgan fingerprint density at radius 1 is 1.33 bits per heavy atom. The third-order valence-electron chi connectivity index (χ3n) is 3.40. The first-order valence-corrected chi connectivity index (χ1v) is 8.43. The summed E-state index contributed by atoms with van der Waals surface area (Å²) < 4.78 is 1.10. The zero-order valence-corrected chi connectivity index (χ0v) is 15.1. The summed E-state index contributed by atoms with van der Waals surface area (Å²) >= 11 is 3.70. The van der Waals surface area contributed by atoms with E-state index < -0.39 is 0 Å². The van der Waals surface area contributed by atoms with Crippen LogP contribution in [0.3, 0.4) is 0 Å². The van der Waals surface area contributed by atoms with Gasteiger partial charge in [-0.25, -0.2) is 0 Å². The average molecular weight is 352 g/mol. The zero-order chi connectivity index (χ0) is 15.8. The van der Waals surface area contributed by atoms with Gasteiger partial charge < -0.3 is 10.2 Å². The molecule has 116 valence electrons. The van der Waals surface area contributed by atoms with Crippen molar-refractivity contribution in [3.63, 3.8) is 0 Å². The van der Waals surface area contributed by atoms with Gasteiger partial charge in [0.05, 0.1) is 18.2 Å². The second-order valence-electron chi connectivity index (χ2n) is 5.74. The Balaban J connectivity index is 2.96. The molecule has 0 spiro atoms. The van der Waals surface area contributed by atoms with E-state index in [0.29, 0.717) is 18.4 Å². The molecule has 0 saturated carbocycles. The SMILES string of the molecule is CCNC(C)c1ccc(N(CCC#N)CC(C)C)c(Br)c1. The fourth-order valence-corrected chi connectivity index (χ4v) is 3.06. The molecular formula is C17H26BrN3. The summed E-state index contributed by atoms with van der Waals surface area (Å²) in [6.07, 6.45) is 0.550. The fraction of sp³-hybridized carbons (Fsp3) is 0.588. The van der Waals surface area contributed by atoms with Crippen LogP contribution in [0.4, 0.5) is 5.69 Å². The smallest absolute Gasteiger partial charge is 0.0640 e. The standard InChI is InChI=1S/C17H26BrN3/c1-5-20-14(4)15-7-8-17(16(18)11-15)21(10-6-9-19)12-13(2)3/h7-8,11,13-14,20H,5-6,10,12H2,1-4H3. The number of nitrogens with one attached hydrogen (secondary N) is 1. The normalized spacial score (nSPS) is 12.2. The van der Waals surface area contributed by atoms with Crippen LogP contribution in [0.15, 0.2) is 22.7 Å². The van der Waals surface area contributed by atoms with Gasteiger partial charge in [-0.1, -0.05) is 26.8 Å². The lowest BCUT2D eigenvalue weighted by Gasteiger charge is -2.27. The van der Waals surface area contributed by atoms with Gasteiger partial charge in [-0.3, -0.25) is 0 Å². The highest BCUT2D eigenvalue weighted by molar-refractivity contribution is 9.10. The maximum Gasteiger partial charge on any atom is 0.0640 e. The second-order valence-corrected chi connectivity index (χ2v) is 6.59. The Kier molecular flexibility index (Phi) is 7.77. The van der Waals surface area contributed by atoms with Crippen molar-refractivity contribution in [3.05, 3.63) is 28.2 Å². The Bertz CT molecular complexity index is 479. The zero-order valence-electron chi connectivity index (χ0n) is 13.5. The summed E-state index contributed by atoms with van der Waals surface area (Å²) in [6, 6.07) is 9.10. The Morgan fingerprint density at radius 3 is 2.57 bits per heavy atom. The largest absolute Gasteiger partial charge is 0.369 e. The first-order valence-electron chi connectivity index (χ1n) is 7.64. The molecule has 1 N–H and O–H groups in total. The van der Waals surface area contributed by atoms with Crippen LogP contribution in [0.5, 0.6) is 0 Å². The van der Waals surface area contributed by atoms with Gasteiger partial charge in [-0.2, -0.15) is 5.26 Å². The number of nitrogens with zero attached hydrogens (tertiary/aromatic N) is 2. The predicted molar refractivity (Wildman–Crippen MR) is 93.5 cm³/mol. The second kappa shape index (κ2) is 9.07. The minimum absolute atomic E-state index is 0.345. The molecule has 0 aliphatic rings. The molecule has 1 aromatic carbocycles. The Labute approximate surface area is 137 Å². The molecule has 21 heavy (non-hydrogen) atoms. The van der Waals surface area contributed by atoms with Gasteiger partial charge >= 0.3 is 0 Å². The van der Waals surface area contributed by atoms with Crippen molar-refractivity contribution in [2.75, 3.05) is 24.5 Å². The highest BCUT2D eigenvalue weighted by atomic mass is 79.9. The van der Waals surface area contributed by atoms with Crippen LogP contribution >= 0.6 is 15.9 Å². The van der Waals surface area contributed by atoms with E-state index >= 15 is 0 Å². The number of rotatable bonds is 8. The maximum absolute atomic E-state index is 8.84.